The van der Waals surface area contributed by atoms with Gasteiger partial charge in [-0.05, 0) is 64.2 Å². The van der Waals surface area contributed by atoms with E-state index in [0.717, 1.165) is 45.4 Å². The maximum absolute atomic E-state index is 10.8. The van der Waals surface area contributed by atoms with Gasteiger partial charge in [-0.1, -0.05) is 65.4 Å². The molecule has 0 aliphatic carbocycles. The van der Waals surface area contributed by atoms with Crippen molar-refractivity contribution in [1.82, 2.24) is 4.98 Å². The summed E-state index contributed by atoms with van der Waals surface area (Å²) >= 11 is 0. The summed E-state index contributed by atoms with van der Waals surface area (Å²) < 4.78 is 17.6. The summed E-state index contributed by atoms with van der Waals surface area (Å²) in [5.41, 5.74) is 2.16. The minimum atomic E-state index is -0.836. The van der Waals surface area contributed by atoms with E-state index in [0.29, 0.717) is 6.61 Å². The third-order valence-corrected chi connectivity index (χ3v) is 8.29. The Morgan fingerprint density at radius 3 is 1.89 bits per heavy atom. The van der Waals surface area contributed by atoms with E-state index in [9.17, 15) is 10.1 Å². The standard InChI is InChI=1S/C29H28N2O5S2/c1-34-26-14-9-23(10-15-26)29(22-7-4-3-5-8-22,24-11-16-27(35-2)17-12-24)36-19-6-20-37-38-28-18-13-25(21-30-28)31(32)33/h3-5,7-18,21H,6,19-20H2,1-2H3. The van der Waals surface area contributed by atoms with Crippen LogP contribution in [0.25, 0.3) is 0 Å². The van der Waals surface area contributed by atoms with Crippen molar-refractivity contribution in [3.63, 3.8) is 0 Å². The second kappa shape index (κ2) is 13.3. The summed E-state index contributed by atoms with van der Waals surface area (Å²) in [4.78, 5) is 14.5. The lowest BCUT2D eigenvalue weighted by Gasteiger charge is -2.36. The third kappa shape index (κ3) is 6.48. The van der Waals surface area contributed by atoms with Gasteiger partial charge in [0.15, 0.2) is 0 Å². The van der Waals surface area contributed by atoms with Gasteiger partial charge in [0.05, 0.1) is 19.1 Å². The molecule has 3 aromatic carbocycles. The van der Waals surface area contributed by atoms with Crippen LogP contribution in [-0.2, 0) is 10.3 Å². The molecule has 0 aliphatic heterocycles. The minimum Gasteiger partial charge on any atom is -0.497 e. The first-order chi connectivity index (χ1) is 18.6. The van der Waals surface area contributed by atoms with E-state index in [2.05, 4.69) is 17.1 Å². The van der Waals surface area contributed by atoms with Gasteiger partial charge in [0.1, 0.15) is 28.3 Å². The fourth-order valence-corrected chi connectivity index (χ4v) is 5.97. The van der Waals surface area contributed by atoms with Crippen LogP contribution in [0.2, 0.25) is 0 Å². The molecule has 9 heteroatoms. The molecule has 0 bridgehead atoms. The van der Waals surface area contributed by atoms with Gasteiger partial charge >= 0.3 is 0 Å². The maximum Gasteiger partial charge on any atom is 0.287 e. The molecule has 1 heterocycles. The highest BCUT2D eigenvalue weighted by Crippen LogP contribution is 2.42. The number of rotatable bonds is 13. The van der Waals surface area contributed by atoms with Crippen molar-refractivity contribution in [2.24, 2.45) is 0 Å². The van der Waals surface area contributed by atoms with Crippen LogP contribution < -0.4 is 9.47 Å². The second-order valence-corrected chi connectivity index (χ2v) is 10.7. The third-order valence-electron chi connectivity index (χ3n) is 5.94. The smallest absolute Gasteiger partial charge is 0.287 e. The van der Waals surface area contributed by atoms with E-state index in [1.54, 1.807) is 31.1 Å². The fraction of sp³-hybridized carbons (Fsp3) is 0.207. The van der Waals surface area contributed by atoms with Crippen molar-refractivity contribution in [2.45, 2.75) is 17.0 Å². The number of benzene rings is 3. The quantitative estimate of drug-likeness (QED) is 0.0573. The Kier molecular flexibility index (Phi) is 9.64. The van der Waals surface area contributed by atoms with Crippen molar-refractivity contribution in [3.05, 3.63) is 124 Å². The van der Waals surface area contributed by atoms with Crippen LogP contribution in [0.15, 0.2) is 102 Å². The number of pyridine rings is 1. The van der Waals surface area contributed by atoms with Gasteiger partial charge in [-0.3, -0.25) is 10.1 Å². The highest BCUT2D eigenvalue weighted by atomic mass is 33.1. The normalized spacial score (nSPS) is 11.2. The summed E-state index contributed by atoms with van der Waals surface area (Å²) in [6.45, 7) is 0.508. The molecule has 0 radical (unpaired) electrons. The van der Waals surface area contributed by atoms with Gasteiger partial charge in [0, 0.05) is 18.4 Å². The van der Waals surface area contributed by atoms with Crippen molar-refractivity contribution in [1.29, 1.82) is 0 Å². The first-order valence-corrected chi connectivity index (χ1v) is 14.3. The molecular formula is C29H28N2O5S2. The molecule has 4 rings (SSSR count). The van der Waals surface area contributed by atoms with Crippen LogP contribution in [0.3, 0.4) is 0 Å². The largest absolute Gasteiger partial charge is 0.497 e. The summed E-state index contributed by atoms with van der Waals surface area (Å²) in [5.74, 6) is 2.37. The summed E-state index contributed by atoms with van der Waals surface area (Å²) in [5, 5.41) is 11.6. The van der Waals surface area contributed by atoms with Crippen LogP contribution >= 0.6 is 21.6 Å². The van der Waals surface area contributed by atoms with E-state index in [-0.39, 0.29) is 5.69 Å². The molecule has 0 fully saturated rings. The number of hydrogen-bond acceptors (Lipinski definition) is 8. The molecule has 0 N–H and O–H groups in total. The topological polar surface area (TPSA) is 83.7 Å². The Morgan fingerprint density at radius 2 is 1.39 bits per heavy atom. The van der Waals surface area contributed by atoms with E-state index in [1.165, 1.54) is 23.1 Å². The highest BCUT2D eigenvalue weighted by molar-refractivity contribution is 8.76. The molecule has 1 aromatic heterocycles. The van der Waals surface area contributed by atoms with Gasteiger partial charge < -0.3 is 14.2 Å². The maximum atomic E-state index is 10.8. The Hall–Kier alpha value is -3.53. The van der Waals surface area contributed by atoms with Crippen LogP contribution in [0, 0.1) is 10.1 Å². The monoisotopic (exact) mass is 548 g/mol. The number of ether oxygens (including phenoxy) is 3. The molecule has 0 amide bonds. The van der Waals surface area contributed by atoms with Crippen LogP contribution in [0.4, 0.5) is 5.69 Å². The predicted molar refractivity (Wildman–Crippen MR) is 152 cm³/mol. The lowest BCUT2D eigenvalue weighted by Crippen LogP contribution is -2.33. The summed E-state index contributed by atoms with van der Waals surface area (Å²) in [6.07, 6.45) is 2.08. The SMILES string of the molecule is COc1ccc(C(OCCCSSc2ccc([N+](=O)[O-])cn2)(c2ccccc2)c2ccc(OC)cc2)cc1. The van der Waals surface area contributed by atoms with E-state index in [1.807, 2.05) is 66.7 Å². The van der Waals surface area contributed by atoms with Gasteiger partial charge in [0.25, 0.3) is 5.69 Å². The number of hydrogen-bond donors (Lipinski definition) is 0. The van der Waals surface area contributed by atoms with Gasteiger partial charge in [-0.15, -0.1) is 0 Å². The van der Waals surface area contributed by atoms with Crippen molar-refractivity contribution >= 4 is 27.3 Å². The Labute approximate surface area is 230 Å². The highest BCUT2D eigenvalue weighted by Gasteiger charge is 2.37. The van der Waals surface area contributed by atoms with Gasteiger partial charge in [-0.25, -0.2) is 4.98 Å². The van der Waals surface area contributed by atoms with Crippen molar-refractivity contribution < 1.29 is 19.1 Å². The summed E-state index contributed by atoms with van der Waals surface area (Å²) in [6, 6.07) is 29.3. The zero-order valence-electron chi connectivity index (χ0n) is 21.1. The van der Waals surface area contributed by atoms with Crippen molar-refractivity contribution in [3.8, 4) is 11.5 Å². The van der Waals surface area contributed by atoms with Gasteiger partial charge in [-0.2, -0.15) is 0 Å². The molecule has 0 saturated heterocycles. The summed E-state index contributed by atoms with van der Waals surface area (Å²) in [7, 11) is 6.44. The molecular weight excluding hydrogens is 520 g/mol. The first-order valence-electron chi connectivity index (χ1n) is 12.0. The Balaban J connectivity index is 1.54. The molecule has 7 nitrogen and oxygen atoms in total. The molecule has 196 valence electrons. The molecule has 4 aromatic rings. The Morgan fingerprint density at radius 1 is 0.816 bits per heavy atom. The molecule has 0 spiro atoms. The predicted octanol–water partition coefficient (Wildman–Crippen LogP) is 7.15. The molecule has 38 heavy (non-hydrogen) atoms. The number of nitrogens with zero attached hydrogens (tertiary/aromatic N) is 2. The lowest BCUT2D eigenvalue weighted by atomic mass is 9.80. The number of nitro groups is 1. The zero-order chi connectivity index (χ0) is 26.8. The molecule has 0 saturated carbocycles. The molecule has 0 unspecified atom stereocenters. The van der Waals surface area contributed by atoms with Crippen molar-refractivity contribution in [2.75, 3.05) is 26.6 Å². The number of methoxy groups -OCH3 is 2. The van der Waals surface area contributed by atoms with Crippen LogP contribution in [0.5, 0.6) is 11.5 Å². The average molecular weight is 549 g/mol. The Bertz CT molecular complexity index is 1250. The average Bonchev–Trinajstić information content (AvgIpc) is 2.98. The zero-order valence-corrected chi connectivity index (χ0v) is 22.7. The fourth-order valence-electron chi connectivity index (χ4n) is 4.05. The second-order valence-electron chi connectivity index (χ2n) is 8.22. The lowest BCUT2D eigenvalue weighted by molar-refractivity contribution is -0.385. The van der Waals surface area contributed by atoms with E-state index >= 15 is 0 Å². The van der Waals surface area contributed by atoms with E-state index < -0.39 is 10.5 Å². The van der Waals surface area contributed by atoms with Crippen LogP contribution in [-0.4, -0.2) is 36.5 Å². The first kappa shape index (κ1) is 27.5. The molecule has 0 aliphatic rings. The number of aromatic nitrogens is 1. The van der Waals surface area contributed by atoms with Gasteiger partial charge in [0.2, 0.25) is 0 Å². The molecule has 0 atom stereocenters. The van der Waals surface area contributed by atoms with Crippen LogP contribution in [0.1, 0.15) is 23.1 Å². The van der Waals surface area contributed by atoms with E-state index in [4.69, 9.17) is 14.2 Å². The minimum absolute atomic E-state index is 0.0120.